The Morgan fingerprint density at radius 1 is 1.04 bits per heavy atom. The lowest BCUT2D eigenvalue weighted by atomic mass is 9.73. The zero-order valence-corrected chi connectivity index (χ0v) is 14.1. The number of carbonyl (C=O) groups excluding carboxylic acids is 3. The average molecular weight is 331 g/mol. The number of nitrogens with one attached hydrogen (secondary N) is 1. The molecule has 6 heteroatoms. The number of likely N-dealkylation sites (tertiary alicyclic amines) is 1. The number of imide groups is 1. The van der Waals surface area contributed by atoms with Crippen molar-refractivity contribution in [2.45, 2.75) is 76.2 Å². The monoisotopic (exact) mass is 331 g/mol. The van der Waals surface area contributed by atoms with E-state index in [0.717, 1.165) is 56.3 Å². The average Bonchev–Trinajstić information content (AvgIpc) is 2.80. The van der Waals surface area contributed by atoms with Crippen molar-refractivity contribution in [1.29, 1.82) is 5.26 Å². The molecule has 3 fully saturated rings. The zero-order chi connectivity index (χ0) is 17.2. The van der Waals surface area contributed by atoms with Crippen LogP contribution in [0.4, 0.5) is 0 Å². The summed E-state index contributed by atoms with van der Waals surface area (Å²) < 4.78 is 0. The van der Waals surface area contributed by atoms with Gasteiger partial charge in [0.15, 0.2) is 0 Å². The first kappa shape index (κ1) is 16.9. The summed E-state index contributed by atoms with van der Waals surface area (Å²) in [6, 6.07) is 2.23. The molecule has 1 N–H and O–H groups in total. The van der Waals surface area contributed by atoms with Gasteiger partial charge in [-0.15, -0.1) is 0 Å². The lowest BCUT2D eigenvalue weighted by molar-refractivity contribution is -0.145. The minimum atomic E-state index is -0.830. The predicted octanol–water partition coefficient (Wildman–Crippen LogP) is 2.04. The van der Waals surface area contributed by atoms with E-state index in [2.05, 4.69) is 11.4 Å². The van der Waals surface area contributed by atoms with Crippen molar-refractivity contribution in [3.8, 4) is 6.07 Å². The molecule has 1 saturated heterocycles. The van der Waals surface area contributed by atoms with E-state index in [1.807, 2.05) is 0 Å². The van der Waals surface area contributed by atoms with E-state index in [1.54, 1.807) is 0 Å². The van der Waals surface area contributed by atoms with Crippen LogP contribution in [0, 0.1) is 16.7 Å². The van der Waals surface area contributed by atoms with Crippen LogP contribution >= 0.6 is 0 Å². The van der Waals surface area contributed by atoms with Gasteiger partial charge >= 0.3 is 0 Å². The number of nitriles is 1. The van der Waals surface area contributed by atoms with Crippen LogP contribution in [0.5, 0.6) is 0 Å². The summed E-state index contributed by atoms with van der Waals surface area (Å²) in [5.74, 6) is -0.822. The maximum absolute atomic E-state index is 12.7. The fourth-order valence-electron chi connectivity index (χ4n) is 4.51. The summed E-state index contributed by atoms with van der Waals surface area (Å²) in [5, 5.41) is 12.2. The molecule has 0 radical (unpaired) electrons. The molecule has 3 rings (SSSR count). The molecule has 1 spiro atoms. The summed E-state index contributed by atoms with van der Waals surface area (Å²) in [7, 11) is 0. The van der Waals surface area contributed by atoms with Gasteiger partial charge in [-0.05, 0) is 25.7 Å². The Kier molecular flexibility index (Phi) is 4.62. The van der Waals surface area contributed by atoms with Crippen LogP contribution in [0.1, 0.15) is 70.6 Å². The molecule has 3 aliphatic rings. The van der Waals surface area contributed by atoms with Gasteiger partial charge < -0.3 is 5.32 Å². The molecular formula is C18H25N3O3. The first-order valence-corrected chi connectivity index (χ1v) is 9.07. The topological polar surface area (TPSA) is 90.3 Å². The van der Waals surface area contributed by atoms with Gasteiger partial charge in [-0.25, -0.2) is 0 Å². The quantitative estimate of drug-likeness (QED) is 0.801. The van der Waals surface area contributed by atoms with E-state index in [-0.39, 0.29) is 24.8 Å². The molecule has 3 amide bonds. The van der Waals surface area contributed by atoms with E-state index >= 15 is 0 Å². The molecule has 0 unspecified atom stereocenters. The lowest BCUT2D eigenvalue weighted by Gasteiger charge is -2.32. The largest absolute Gasteiger partial charge is 0.336 e. The summed E-state index contributed by atoms with van der Waals surface area (Å²) in [6.07, 6.45) is 8.96. The van der Waals surface area contributed by atoms with Gasteiger partial charge in [0.05, 0.1) is 11.5 Å². The van der Waals surface area contributed by atoms with Crippen molar-refractivity contribution in [1.82, 2.24) is 10.2 Å². The summed E-state index contributed by atoms with van der Waals surface area (Å²) in [6.45, 7) is -0.247. The molecule has 0 aromatic carbocycles. The summed E-state index contributed by atoms with van der Waals surface area (Å²) in [4.78, 5) is 38.5. The van der Waals surface area contributed by atoms with Crippen molar-refractivity contribution in [3.63, 3.8) is 0 Å². The van der Waals surface area contributed by atoms with Crippen LogP contribution in [0.3, 0.4) is 0 Å². The molecule has 6 nitrogen and oxygen atoms in total. The van der Waals surface area contributed by atoms with Gasteiger partial charge in [0, 0.05) is 6.42 Å². The second-order valence-electron chi connectivity index (χ2n) is 7.61. The van der Waals surface area contributed by atoms with Crippen molar-refractivity contribution in [2.24, 2.45) is 5.41 Å². The van der Waals surface area contributed by atoms with Crippen molar-refractivity contribution in [2.75, 3.05) is 6.54 Å². The highest BCUT2D eigenvalue weighted by molar-refractivity contribution is 6.08. The fraction of sp³-hybridized carbons (Fsp3) is 0.778. The number of amides is 3. The number of nitrogens with zero attached hydrogens (tertiary/aromatic N) is 2. The first-order chi connectivity index (χ1) is 11.5. The molecule has 1 heterocycles. The Bertz CT molecular complexity index is 581. The Morgan fingerprint density at radius 2 is 1.62 bits per heavy atom. The number of carbonyl (C=O) groups is 3. The Labute approximate surface area is 142 Å². The minimum absolute atomic E-state index is 0.183. The van der Waals surface area contributed by atoms with Gasteiger partial charge in [0.25, 0.3) is 0 Å². The number of hydrogen-bond donors (Lipinski definition) is 1. The number of rotatable bonds is 3. The second kappa shape index (κ2) is 6.54. The van der Waals surface area contributed by atoms with E-state index in [0.29, 0.717) is 12.8 Å². The SMILES string of the molecule is N#CC1(NC(=O)CN2C(=O)CC3(CCCCC3)C2=O)CCCCC1. The van der Waals surface area contributed by atoms with Crippen LogP contribution < -0.4 is 5.32 Å². The number of hydrogen-bond acceptors (Lipinski definition) is 4. The molecule has 0 aromatic heterocycles. The summed E-state index contributed by atoms with van der Waals surface area (Å²) >= 11 is 0. The Hall–Kier alpha value is -1.90. The molecule has 0 aromatic rings. The van der Waals surface area contributed by atoms with E-state index in [1.165, 1.54) is 0 Å². The van der Waals surface area contributed by atoms with Crippen LogP contribution in [0.2, 0.25) is 0 Å². The highest BCUT2D eigenvalue weighted by Gasteiger charge is 2.52. The van der Waals surface area contributed by atoms with Crippen LogP contribution in [-0.4, -0.2) is 34.7 Å². The normalized spacial score (nSPS) is 25.5. The third-order valence-corrected chi connectivity index (χ3v) is 5.90. The van der Waals surface area contributed by atoms with Crippen molar-refractivity contribution in [3.05, 3.63) is 0 Å². The van der Waals surface area contributed by atoms with Crippen LogP contribution in [0.25, 0.3) is 0 Å². The highest BCUT2D eigenvalue weighted by Crippen LogP contribution is 2.45. The lowest BCUT2D eigenvalue weighted by Crippen LogP contribution is -2.52. The molecule has 0 atom stereocenters. The maximum Gasteiger partial charge on any atom is 0.241 e. The molecule has 2 saturated carbocycles. The minimum Gasteiger partial charge on any atom is -0.336 e. The van der Waals surface area contributed by atoms with E-state index < -0.39 is 16.9 Å². The standard InChI is InChI=1S/C18H25N3O3/c19-13-18(9-5-2-6-10-18)20-14(22)12-21-15(23)11-17(16(21)24)7-3-1-4-8-17/h1-12H2,(H,20,22). The van der Waals surface area contributed by atoms with E-state index in [4.69, 9.17) is 0 Å². The van der Waals surface area contributed by atoms with Gasteiger partial charge in [-0.1, -0.05) is 38.5 Å². The third-order valence-electron chi connectivity index (χ3n) is 5.90. The van der Waals surface area contributed by atoms with Gasteiger partial charge in [0.1, 0.15) is 12.1 Å². The van der Waals surface area contributed by atoms with Gasteiger partial charge in [-0.2, -0.15) is 5.26 Å². The first-order valence-electron chi connectivity index (χ1n) is 9.07. The Morgan fingerprint density at radius 3 is 2.21 bits per heavy atom. The van der Waals surface area contributed by atoms with Crippen molar-refractivity contribution < 1.29 is 14.4 Å². The van der Waals surface area contributed by atoms with Gasteiger partial charge in [0.2, 0.25) is 17.7 Å². The zero-order valence-electron chi connectivity index (χ0n) is 14.1. The molecule has 2 aliphatic carbocycles. The summed E-state index contributed by atoms with van der Waals surface area (Å²) in [5.41, 5.74) is -1.39. The Balaban J connectivity index is 1.65. The van der Waals surface area contributed by atoms with Gasteiger partial charge in [-0.3, -0.25) is 19.3 Å². The molecule has 0 bridgehead atoms. The van der Waals surface area contributed by atoms with Crippen molar-refractivity contribution >= 4 is 17.7 Å². The van der Waals surface area contributed by atoms with E-state index in [9.17, 15) is 19.6 Å². The van der Waals surface area contributed by atoms with Crippen LogP contribution in [0.15, 0.2) is 0 Å². The highest BCUT2D eigenvalue weighted by atomic mass is 16.2. The predicted molar refractivity (Wildman–Crippen MR) is 86.4 cm³/mol. The molecular weight excluding hydrogens is 306 g/mol. The second-order valence-corrected chi connectivity index (χ2v) is 7.61. The maximum atomic E-state index is 12.7. The third kappa shape index (κ3) is 3.04. The molecule has 130 valence electrons. The molecule has 24 heavy (non-hydrogen) atoms. The smallest absolute Gasteiger partial charge is 0.241 e. The fourth-order valence-corrected chi connectivity index (χ4v) is 4.51. The van der Waals surface area contributed by atoms with Crippen LogP contribution in [-0.2, 0) is 14.4 Å². The molecule has 1 aliphatic heterocycles.